The fraction of sp³-hybridized carbons (Fsp3) is 0.250. The molecule has 1 saturated carbocycles. The van der Waals surface area contributed by atoms with Gasteiger partial charge in [-0.2, -0.15) is 0 Å². The molecule has 2 aromatic rings. The smallest absolute Gasteiger partial charge is 0.251 e. The summed E-state index contributed by atoms with van der Waals surface area (Å²) in [6.07, 6.45) is 7.29. The van der Waals surface area contributed by atoms with Crippen LogP contribution in [-0.2, 0) is 0 Å². The van der Waals surface area contributed by atoms with Gasteiger partial charge in [0.05, 0.1) is 0 Å². The molecular formula is C24H26N2O2. The fourth-order valence-corrected chi connectivity index (χ4v) is 3.52. The second-order valence-corrected chi connectivity index (χ2v) is 7.10. The summed E-state index contributed by atoms with van der Waals surface area (Å²) < 4.78 is 0. The van der Waals surface area contributed by atoms with Crippen molar-refractivity contribution in [2.24, 2.45) is 0 Å². The first-order valence-corrected chi connectivity index (χ1v) is 9.67. The molecular weight excluding hydrogens is 348 g/mol. The van der Waals surface area contributed by atoms with Gasteiger partial charge in [0.1, 0.15) is 0 Å². The number of amides is 2. The van der Waals surface area contributed by atoms with Crippen molar-refractivity contribution in [1.29, 1.82) is 0 Å². The Balaban J connectivity index is 1.65. The minimum absolute atomic E-state index is 0.0725. The van der Waals surface area contributed by atoms with E-state index in [0.717, 1.165) is 36.8 Å². The van der Waals surface area contributed by atoms with E-state index in [0.29, 0.717) is 11.1 Å². The zero-order chi connectivity index (χ0) is 19.9. The topological polar surface area (TPSA) is 58.2 Å². The standard InChI is InChI=1S/C24H26N2O2/c1-3-17-9-13-19(14-10-17)23(27)25-21-7-5-6-8-22(21)26-24(28)20-15-11-18(4-2)12-16-20/h3-4,9-16,21-22H,1-2,5-8H2,(H,25,27)(H,26,28)/t21-,22-/m1/s1. The number of carbonyl (C=O) groups is 2. The van der Waals surface area contributed by atoms with Gasteiger partial charge in [0.2, 0.25) is 0 Å². The number of rotatable bonds is 6. The molecule has 0 spiro atoms. The first-order valence-electron chi connectivity index (χ1n) is 9.67. The third-order valence-electron chi connectivity index (χ3n) is 5.22. The summed E-state index contributed by atoms with van der Waals surface area (Å²) in [5, 5.41) is 6.21. The highest BCUT2D eigenvalue weighted by molar-refractivity contribution is 5.95. The molecule has 0 aromatic heterocycles. The van der Waals surface area contributed by atoms with Gasteiger partial charge in [0.25, 0.3) is 11.8 Å². The molecule has 2 amide bonds. The van der Waals surface area contributed by atoms with E-state index in [1.54, 1.807) is 36.4 Å². The number of hydrogen-bond donors (Lipinski definition) is 2. The molecule has 0 heterocycles. The van der Waals surface area contributed by atoms with Gasteiger partial charge in [-0.05, 0) is 48.2 Å². The van der Waals surface area contributed by atoms with Crippen molar-refractivity contribution in [1.82, 2.24) is 10.6 Å². The Labute approximate surface area is 166 Å². The summed E-state index contributed by atoms with van der Waals surface area (Å²) in [6.45, 7) is 7.45. The van der Waals surface area contributed by atoms with Crippen molar-refractivity contribution in [3.63, 3.8) is 0 Å². The number of benzene rings is 2. The Morgan fingerprint density at radius 3 is 1.39 bits per heavy atom. The average molecular weight is 374 g/mol. The molecule has 0 aliphatic heterocycles. The zero-order valence-corrected chi connectivity index (χ0v) is 16.0. The minimum atomic E-state index is -0.114. The van der Waals surface area contributed by atoms with E-state index in [1.807, 2.05) is 24.3 Å². The first kappa shape index (κ1) is 19.6. The van der Waals surface area contributed by atoms with Crippen LogP contribution in [0.25, 0.3) is 12.2 Å². The molecule has 1 fully saturated rings. The van der Waals surface area contributed by atoms with Gasteiger partial charge >= 0.3 is 0 Å². The van der Waals surface area contributed by atoms with Crippen molar-refractivity contribution in [3.05, 3.63) is 83.9 Å². The van der Waals surface area contributed by atoms with Crippen LogP contribution in [0.3, 0.4) is 0 Å². The van der Waals surface area contributed by atoms with E-state index >= 15 is 0 Å². The second kappa shape index (κ2) is 9.18. The van der Waals surface area contributed by atoms with E-state index in [-0.39, 0.29) is 23.9 Å². The maximum Gasteiger partial charge on any atom is 0.251 e. The lowest BCUT2D eigenvalue weighted by Gasteiger charge is -2.33. The van der Waals surface area contributed by atoms with Gasteiger partial charge in [0.15, 0.2) is 0 Å². The summed E-state index contributed by atoms with van der Waals surface area (Å²) in [5.74, 6) is -0.228. The molecule has 0 radical (unpaired) electrons. The van der Waals surface area contributed by atoms with Crippen LogP contribution >= 0.6 is 0 Å². The lowest BCUT2D eigenvalue weighted by molar-refractivity contribution is 0.0863. The van der Waals surface area contributed by atoms with Crippen molar-refractivity contribution in [3.8, 4) is 0 Å². The van der Waals surface area contributed by atoms with Gasteiger partial charge in [-0.1, -0.05) is 62.4 Å². The predicted octanol–water partition coefficient (Wildman–Crippen LogP) is 4.44. The minimum Gasteiger partial charge on any atom is -0.347 e. The van der Waals surface area contributed by atoms with Crippen LogP contribution in [0.15, 0.2) is 61.7 Å². The van der Waals surface area contributed by atoms with E-state index in [2.05, 4.69) is 23.8 Å². The highest BCUT2D eigenvalue weighted by atomic mass is 16.2. The Morgan fingerprint density at radius 2 is 1.07 bits per heavy atom. The third-order valence-corrected chi connectivity index (χ3v) is 5.22. The van der Waals surface area contributed by atoms with Crippen molar-refractivity contribution in [2.45, 2.75) is 37.8 Å². The molecule has 2 N–H and O–H groups in total. The van der Waals surface area contributed by atoms with Crippen molar-refractivity contribution < 1.29 is 9.59 Å². The van der Waals surface area contributed by atoms with Crippen LogP contribution < -0.4 is 10.6 Å². The summed E-state index contributed by atoms with van der Waals surface area (Å²) in [6, 6.07) is 14.5. The quantitative estimate of drug-likeness (QED) is 0.785. The molecule has 1 aliphatic rings. The summed E-state index contributed by atoms with van der Waals surface area (Å²) in [7, 11) is 0. The number of nitrogens with one attached hydrogen (secondary N) is 2. The Morgan fingerprint density at radius 1 is 0.714 bits per heavy atom. The monoisotopic (exact) mass is 374 g/mol. The van der Waals surface area contributed by atoms with Gasteiger partial charge in [-0.3, -0.25) is 9.59 Å². The first-order chi connectivity index (χ1) is 13.6. The number of hydrogen-bond acceptors (Lipinski definition) is 2. The largest absolute Gasteiger partial charge is 0.347 e. The molecule has 3 rings (SSSR count). The fourth-order valence-electron chi connectivity index (χ4n) is 3.52. The highest BCUT2D eigenvalue weighted by Crippen LogP contribution is 2.20. The molecule has 144 valence electrons. The summed E-state index contributed by atoms with van der Waals surface area (Å²) >= 11 is 0. The molecule has 1 aliphatic carbocycles. The summed E-state index contributed by atoms with van der Waals surface area (Å²) in [4.78, 5) is 25.3. The SMILES string of the molecule is C=Cc1ccc(C(=O)N[C@@H]2CCCC[C@H]2NC(=O)c2ccc(C=C)cc2)cc1. The molecule has 0 saturated heterocycles. The lowest BCUT2D eigenvalue weighted by atomic mass is 9.89. The van der Waals surface area contributed by atoms with E-state index in [9.17, 15) is 9.59 Å². The zero-order valence-electron chi connectivity index (χ0n) is 16.0. The molecule has 0 unspecified atom stereocenters. The molecule has 4 nitrogen and oxygen atoms in total. The third kappa shape index (κ3) is 4.77. The van der Waals surface area contributed by atoms with Gasteiger partial charge in [-0.15, -0.1) is 0 Å². The Hall–Kier alpha value is -3.14. The Bertz CT molecular complexity index is 780. The van der Waals surface area contributed by atoms with Crippen LogP contribution in [0.2, 0.25) is 0 Å². The second-order valence-electron chi connectivity index (χ2n) is 7.10. The molecule has 0 bridgehead atoms. The van der Waals surface area contributed by atoms with Gasteiger partial charge in [0, 0.05) is 23.2 Å². The average Bonchev–Trinajstić information content (AvgIpc) is 2.75. The van der Waals surface area contributed by atoms with Crippen molar-refractivity contribution >= 4 is 24.0 Å². The number of carbonyl (C=O) groups excluding carboxylic acids is 2. The van der Waals surface area contributed by atoms with E-state index < -0.39 is 0 Å². The normalized spacial score (nSPS) is 18.7. The van der Waals surface area contributed by atoms with Crippen LogP contribution in [0.1, 0.15) is 57.5 Å². The van der Waals surface area contributed by atoms with Crippen LogP contribution in [-0.4, -0.2) is 23.9 Å². The van der Waals surface area contributed by atoms with E-state index in [4.69, 9.17) is 0 Å². The molecule has 2 atom stereocenters. The molecule has 2 aromatic carbocycles. The predicted molar refractivity (Wildman–Crippen MR) is 114 cm³/mol. The lowest BCUT2D eigenvalue weighted by Crippen LogP contribution is -2.53. The summed E-state index contributed by atoms with van der Waals surface area (Å²) in [5.41, 5.74) is 3.17. The molecule has 28 heavy (non-hydrogen) atoms. The Kier molecular flexibility index (Phi) is 6.43. The van der Waals surface area contributed by atoms with E-state index in [1.165, 1.54) is 0 Å². The maximum atomic E-state index is 12.6. The van der Waals surface area contributed by atoms with Crippen LogP contribution in [0.5, 0.6) is 0 Å². The molecule has 4 heteroatoms. The van der Waals surface area contributed by atoms with Gasteiger partial charge in [-0.25, -0.2) is 0 Å². The highest BCUT2D eigenvalue weighted by Gasteiger charge is 2.28. The van der Waals surface area contributed by atoms with Crippen LogP contribution in [0.4, 0.5) is 0 Å². The maximum absolute atomic E-state index is 12.6. The van der Waals surface area contributed by atoms with Crippen LogP contribution in [0, 0.1) is 0 Å². The van der Waals surface area contributed by atoms with Gasteiger partial charge < -0.3 is 10.6 Å². The van der Waals surface area contributed by atoms with Crippen molar-refractivity contribution in [2.75, 3.05) is 0 Å².